The Balaban J connectivity index is 1.48. The van der Waals surface area contributed by atoms with Crippen molar-refractivity contribution in [3.8, 4) is 0 Å². The number of likely N-dealkylation sites (tertiary alicyclic amines) is 1. The molecule has 0 bridgehead atoms. The van der Waals surface area contributed by atoms with E-state index in [0.717, 1.165) is 18.4 Å². The van der Waals surface area contributed by atoms with Crippen LogP contribution in [0.4, 0.5) is 4.79 Å². The SMILES string of the molecule is NS(=O)(=O)c1ccc(CNC(=O)N2CCC(n3cnnc3)CC2)cc1. The number of benzene rings is 1. The van der Waals surface area contributed by atoms with Crippen molar-refractivity contribution in [3.05, 3.63) is 42.5 Å². The van der Waals surface area contributed by atoms with Gasteiger partial charge in [0.1, 0.15) is 12.7 Å². The predicted molar refractivity (Wildman–Crippen MR) is 89.9 cm³/mol. The molecular formula is C15H20N6O3S. The zero-order valence-corrected chi connectivity index (χ0v) is 14.4. The number of sulfonamides is 1. The number of carbonyl (C=O) groups excluding carboxylic acids is 1. The molecule has 10 heteroatoms. The van der Waals surface area contributed by atoms with Gasteiger partial charge in [0.15, 0.2) is 0 Å². The first-order chi connectivity index (χ1) is 11.9. The Morgan fingerprint density at radius 1 is 1.16 bits per heavy atom. The van der Waals surface area contributed by atoms with Crippen molar-refractivity contribution in [1.29, 1.82) is 0 Å². The fraction of sp³-hybridized carbons (Fsp3) is 0.400. The van der Waals surface area contributed by atoms with E-state index in [9.17, 15) is 13.2 Å². The Morgan fingerprint density at radius 2 is 1.76 bits per heavy atom. The van der Waals surface area contributed by atoms with Crippen LogP contribution in [0.25, 0.3) is 0 Å². The molecule has 2 heterocycles. The second-order valence-electron chi connectivity index (χ2n) is 5.97. The van der Waals surface area contributed by atoms with Crippen LogP contribution in [0.3, 0.4) is 0 Å². The molecular weight excluding hydrogens is 344 g/mol. The summed E-state index contributed by atoms with van der Waals surface area (Å²) in [5.41, 5.74) is 0.806. The molecule has 0 spiro atoms. The van der Waals surface area contributed by atoms with E-state index in [1.165, 1.54) is 12.1 Å². The van der Waals surface area contributed by atoms with Gasteiger partial charge in [0.25, 0.3) is 0 Å². The number of hydrogen-bond donors (Lipinski definition) is 2. The van der Waals surface area contributed by atoms with E-state index < -0.39 is 10.0 Å². The van der Waals surface area contributed by atoms with Gasteiger partial charge in [0.2, 0.25) is 10.0 Å². The minimum Gasteiger partial charge on any atom is -0.334 e. The maximum Gasteiger partial charge on any atom is 0.317 e. The third kappa shape index (κ3) is 4.34. The Hall–Kier alpha value is -2.46. The number of carbonyl (C=O) groups is 1. The molecule has 0 saturated carbocycles. The van der Waals surface area contributed by atoms with Crippen LogP contribution in [-0.2, 0) is 16.6 Å². The number of piperidine rings is 1. The van der Waals surface area contributed by atoms with Gasteiger partial charge in [-0.25, -0.2) is 18.4 Å². The molecule has 9 nitrogen and oxygen atoms in total. The van der Waals surface area contributed by atoms with E-state index in [0.29, 0.717) is 25.7 Å². The van der Waals surface area contributed by atoms with Gasteiger partial charge in [-0.2, -0.15) is 0 Å². The first-order valence-electron chi connectivity index (χ1n) is 7.92. The Labute approximate surface area is 145 Å². The maximum absolute atomic E-state index is 12.3. The number of urea groups is 1. The van der Waals surface area contributed by atoms with Crippen LogP contribution in [0, 0.1) is 0 Å². The van der Waals surface area contributed by atoms with Crippen molar-refractivity contribution in [2.75, 3.05) is 13.1 Å². The highest BCUT2D eigenvalue weighted by atomic mass is 32.2. The standard InChI is InChI=1S/C15H20N6O3S/c16-25(23,24)14-3-1-12(2-4-14)9-17-15(22)20-7-5-13(6-8-20)21-10-18-19-11-21/h1-4,10-11,13H,5-9H2,(H,17,22)(H2,16,23,24). The lowest BCUT2D eigenvalue weighted by Gasteiger charge is -2.32. The van der Waals surface area contributed by atoms with E-state index in [-0.39, 0.29) is 10.9 Å². The molecule has 0 radical (unpaired) electrons. The first-order valence-corrected chi connectivity index (χ1v) is 9.47. The van der Waals surface area contributed by atoms with Crippen molar-refractivity contribution < 1.29 is 13.2 Å². The summed E-state index contributed by atoms with van der Waals surface area (Å²) in [4.78, 5) is 14.1. The molecule has 1 aromatic heterocycles. The Bertz CT molecular complexity index is 811. The predicted octanol–water partition coefficient (Wildman–Crippen LogP) is 0.472. The number of nitrogens with two attached hydrogens (primary N) is 1. The quantitative estimate of drug-likeness (QED) is 0.816. The molecule has 3 rings (SSSR count). The Morgan fingerprint density at radius 3 is 2.32 bits per heavy atom. The second kappa shape index (κ2) is 7.19. The van der Waals surface area contributed by atoms with E-state index in [1.807, 2.05) is 4.57 Å². The van der Waals surface area contributed by atoms with Gasteiger partial charge in [-0.05, 0) is 30.5 Å². The largest absolute Gasteiger partial charge is 0.334 e. The molecule has 3 N–H and O–H groups in total. The molecule has 1 aliphatic rings. The fourth-order valence-corrected chi connectivity index (χ4v) is 3.37. The topological polar surface area (TPSA) is 123 Å². The first kappa shape index (κ1) is 17.4. The van der Waals surface area contributed by atoms with Crippen LogP contribution in [0.15, 0.2) is 41.8 Å². The van der Waals surface area contributed by atoms with Crippen LogP contribution >= 0.6 is 0 Å². The zero-order chi connectivity index (χ0) is 17.9. The summed E-state index contributed by atoms with van der Waals surface area (Å²) in [7, 11) is -3.70. The summed E-state index contributed by atoms with van der Waals surface area (Å²) in [6.07, 6.45) is 5.11. The molecule has 1 fully saturated rings. The van der Waals surface area contributed by atoms with Gasteiger partial charge in [-0.15, -0.1) is 10.2 Å². The molecule has 2 amide bonds. The highest BCUT2D eigenvalue weighted by Crippen LogP contribution is 2.21. The minimum atomic E-state index is -3.70. The Kier molecular flexibility index (Phi) is 5.00. The van der Waals surface area contributed by atoms with Crippen LogP contribution < -0.4 is 10.5 Å². The maximum atomic E-state index is 12.3. The molecule has 2 aromatic rings. The summed E-state index contributed by atoms with van der Waals surface area (Å²) in [6.45, 7) is 1.66. The lowest BCUT2D eigenvalue weighted by atomic mass is 10.1. The normalized spacial score (nSPS) is 16.0. The van der Waals surface area contributed by atoms with E-state index >= 15 is 0 Å². The van der Waals surface area contributed by atoms with Crippen molar-refractivity contribution in [3.63, 3.8) is 0 Å². The summed E-state index contributed by atoms with van der Waals surface area (Å²) >= 11 is 0. The number of nitrogens with zero attached hydrogens (tertiary/aromatic N) is 4. The number of primary sulfonamides is 1. The third-order valence-corrected chi connectivity index (χ3v) is 5.23. The van der Waals surface area contributed by atoms with Gasteiger partial charge in [0.05, 0.1) is 4.90 Å². The number of nitrogens with one attached hydrogen (secondary N) is 1. The molecule has 134 valence electrons. The lowest BCUT2D eigenvalue weighted by Crippen LogP contribution is -2.44. The summed E-state index contributed by atoms with van der Waals surface area (Å²) < 4.78 is 24.4. The van der Waals surface area contributed by atoms with Crippen molar-refractivity contribution >= 4 is 16.1 Å². The number of amides is 2. The van der Waals surface area contributed by atoms with Crippen LogP contribution in [0.5, 0.6) is 0 Å². The molecule has 1 aromatic carbocycles. The fourth-order valence-electron chi connectivity index (χ4n) is 2.85. The minimum absolute atomic E-state index is 0.0543. The smallest absolute Gasteiger partial charge is 0.317 e. The highest BCUT2D eigenvalue weighted by molar-refractivity contribution is 7.89. The van der Waals surface area contributed by atoms with Crippen molar-refractivity contribution in [2.45, 2.75) is 30.3 Å². The average Bonchev–Trinajstić information content (AvgIpc) is 3.14. The molecule has 0 unspecified atom stereocenters. The molecule has 25 heavy (non-hydrogen) atoms. The lowest BCUT2D eigenvalue weighted by molar-refractivity contribution is 0.171. The summed E-state index contributed by atoms with van der Waals surface area (Å²) in [5.74, 6) is 0. The number of hydrogen-bond acceptors (Lipinski definition) is 5. The van der Waals surface area contributed by atoms with E-state index in [4.69, 9.17) is 5.14 Å². The average molecular weight is 364 g/mol. The zero-order valence-electron chi connectivity index (χ0n) is 13.6. The molecule has 0 aliphatic carbocycles. The van der Waals surface area contributed by atoms with Crippen LogP contribution in [0.1, 0.15) is 24.4 Å². The van der Waals surface area contributed by atoms with Crippen LogP contribution in [0.2, 0.25) is 0 Å². The van der Waals surface area contributed by atoms with Crippen molar-refractivity contribution in [1.82, 2.24) is 25.0 Å². The highest BCUT2D eigenvalue weighted by Gasteiger charge is 2.23. The van der Waals surface area contributed by atoms with E-state index in [2.05, 4.69) is 15.5 Å². The molecule has 0 atom stereocenters. The summed E-state index contributed by atoms with van der Waals surface area (Å²) in [5, 5.41) is 15.5. The van der Waals surface area contributed by atoms with E-state index in [1.54, 1.807) is 29.7 Å². The molecule has 1 aliphatic heterocycles. The number of aromatic nitrogens is 3. The van der Waals surface area contributed by atoms with Crippen LogP contribution in [-0.4, -0.2) is 47.2 Å². The van der Waals surface area contributed by atoms with Crippen molar-refractivity contribution in [2.24, 2.45) is 5.14 Å². The van der Waals surface area contributed by atoms with Gasteiger partial charge >= 0.3 is 6.03 Å². The monoisotopic (exact) mass is 364 g/mol. The van der Waals surface area contributed by atoms with Gasteiger partial charge in [-0.3, -0.25) is 0 Å². The molecule has 1 saturated heterocycles. The number of rotatable bonds is 4. The van der Waals surface area contributed by atoms with Gasteiger partial charge in [-0.1, -0.05) is 12.1 Å². The second-order valence-corrected chi connectivity index (χ2v) is 7.54. The van der Waals surface area contributed by atoms with Gasteiger partial charge in [0, 0.05) is 25.7 Å². The summed E-state index contributed by atoms with van der Waals surface area (Å²) in [6, 6.07) is 6.34. The third-order valence-electron chi connectivity index (χ3n) is 4.31. The van der Waals surface area contributed by atoms with Gasteiger partial charge < -0.3 is 14.8 Å².